The van der Waals surface area contributed by atoms with Gasteiger partial charge in [-0.1, -0.05) is 31.2 Å². The van der Waals surface area contributed by atoms with Crippen LogP contribution in [0.15, 0.2) is 41.4 Å². The second-order valence-electron chi connectivity index (χ2n) is 6.65. The summed E-state index contributed by atoms with van der Waals surface area (Å²) in [6, 6.07) is 9.51. The van der Waals surface area contributed by atoms with E-state index in [0.717, 1.165) is 18.6 Å². The topological polar surface area (TPSA) is 82.6 Å². The lowest BCUT2D eigenvalue weighted by Crippen LogP contribution is -2.14. The predicted molar refractivity (Wildman–Crippen MR) is 101 cm³/mol. The van der Waals surface area contributed by atoms with E-state index in [0.29, 0.717) is 17.4 Å². The quantitative estimate of drug-likeness (QED) is 0.677. The van der Waals surface area contributed by atoms with Crippen LogP contribution in [0.4, 0.5) is 0 Å². The first-order valence-corrected chi connectivity index (χ1v) is 10.5. The molecular formula is C20H23NO5S. The Morgan fingerprint density at radius 2 is 1.89 bits per heavy atom. The molecule has 2 aromatic rings. The zero-order valence-electron chi connectivity index (χ0n) is 15.6. The molecule has 144 valence electrons. The molecule has 0 saturated heterocycles. The molecule has 0 spiro atoms. The van der Waals surface area contributed by atoms with Crippen molar-refractivity contribution < 1.29 is 22.7 Å². The number of carbonyl (C=O) groups is 1. The second kappa shape index (κ2) is 7.78. The molecule has 1 aliphatic carbocycles. The molecule has 0 radical (unpaired) electrons. The van der Waals surface area contributed by atoms with Gasteiger partial charge in [-0.15, -0.1) is 0 Å². The number of aromatic nitrogens is 1. The van der Waals surface area contributed by atoms with Crippen LogP contribution in [0.25, 0.3) is 11.1 Å². The van der Waals surface area contributed by atoms with Crippen molar-refractivity contribution in [2.75, 3.05) is 26.6 Å². The maximum absolute atomic E-state index is 12.4. The molecule has 3 rings (SSSR count). The third-order valence-corrected chi connectivity index (χ3v) is 6.66. The average Bonchev–Trinajstić information content (AvgIpc) is 3.46. The van der Waals surface area contributed by atoms with Crippen LogP contribution >= 0.6 is 0 Å². The van der Waals surface area contributed by atoms with Gasteiger partial charge in [-0.2, -0.15) is 0 Å². The molecule has 7 heteroatoms. The highest BCUT2D eigenvalue weighted by Gasteiger charge is 2.37. The van der Waals surface area contributed by atoms with Gasteiger partial charge >= 0.3 is 5.97 Å². The van der Waals surface area contributed by atoms with Crippen molar-refractivity contribution in [1.82, 2.24) is 4.98 Å². The summed E-state index contributed by atoms with van der Waals surface area (Å²) in [6.45, 7) is 2.30. The molecule has 1 heterocycles. The number of rotatable bonds is 7. The maximum atomic E-state index is 12.4. The number of esters is 1. The fourth-order valence-corrected chi connectivity index (χ4v) is 4.27. The Kier molecular flexibility index (Phi) is 5.62. The minimum Gasteiger partial charge on any atom is -0.464 e. The van der Waals surface area contributed by atoms with E-state index in [9.17, 15) is 13.2 Å². The van der Waals surface area contributed by atoms with Gasteiger partial charge in [0, 0.05) is 25.5 Å². The lowest BCUT2D eigenvalue weighted by molar-refractivity contribution is 0.0589. The van der Waals surface area contributed by atoms with Gasteiger partial charge in [-0.05, 0) is 35.4 Å². The van der Waals surface area contributed by atoms with Gasteiger partial charge in [0.2, 0.25) is 0 Å². The van der Waals surface area contributed by atoms with Gasteiger partial charge in [0.25, 0.3) is 0 Å². The van der Waals surface area contributed by atoms with Crippen molar-refractivity contribution in [2.24, 2.45) is 5.92 Å². The summed E-state index contributed by atoms with van der Waals surface area (Å²) in [6.07, 6.45) is 2.63. The Hall–Kier alpha value is -2.25. The number of sulfone groups is 1. The SMILES string of the molecule is CCS(=O)(=O)c1cc(-c2ccc(C3CC3COC)cc2)cnc1C(=O)OC. The number of hydrogen-bond donors (Lipinski definition) is 0. The summed E-state index contributed by atoms with van der Waals surface area (Å²) < 4.78 is 34.7. The van der Waals surface area contributed by atoms with E-state index < -0.39 is 15.8 Å². The summed E-state index contributed by atoms with van der Waals surface area (Å²) >= 11 is 0. The number of benzene rings is 1. The van der Waals surface area contributed by atoms with Gasteiger partial charge < -0.3 is 9.47 Å². The smallest absolute Gasteiger partial charge is 0.358 e. The maximum Gasteiger partial charge on any atom is 0.358 e. The van der Waals surface area contributed by atoms with Crippen molar-refractivity contribution in [3.05, 3.63) is 47.8 Å². The van der Waals surface area contributed by atoms with Gasteiger partial charge in [-0.25, -0.2) is 18.2 Å². The molecule has 27 heavy (non-hydrogen) atoms. The van der Waals surface area contributed by atoms with E-state index in [1.165, 1.54) is 31.9 Å². The number of hydrogen-bond acceptors (Lipinski definition) is 6. The van der Waals surface area contributed by atoms with Crippen LogP contribution in [0.1, 0.15) is 35.3 Å². The van der Waals surface area contributed by atoms with Gasteiger partial charge in [0.15, 0.2) is 15.5 Å². The van der Waals surface area contributed by atoms with E-state index in [-0.39, 0.29) is 16.3 Å². The zero-order valence-corrected chi connectivity index (χ0v) is 16.5. The molecule has 1 saturated carbocycles. The number of methoxy groups -OCH3 is 2. The fraction of sp³-hybridized carbons (Fsp3) is 0.400. The van der Waals surface area contributed by atoms with E-state index in [1.807, 2.05) is 12.1 Å². The van der Waals surface area contributed by atoms with Gasteiger partial charge in [0.05, 0.1) is 12.9 Å². The predicted octanol–water partition coefficient (Wildman–Crippen LogP) is 3.08. The Morgan fingerprint density at radius 1 is 1.19 bits per heavy atom. The molecule has 2 atom stereocenters. The van der Waals surface area contributed by atoms with E-state index >= 15 is 0 Å². The molecule has 0 bridgehead atoms. The van der Waals surface area contributed by atoms with Crippen molar-refractivity contribution in [1.29, 1.82) is 0 Å². The third kappa shape index (κ3) is 4.04. The highest BCUT2D eigenvalue weighted by Crippen LogP contribution is 2.47. The van der Waals surface area contributed by atoms with Gasteiger partial charge in [0.1, 0.15) is 4.90 Å². The number of ether oxygens (including phenoxy) is 2. The number of nitrogens with zero attached hydrogens (tertiary/aromatic N) is 1. The highest BCUT2D eigenvalue weighted by molar-refractivity contribution is 7.91. The Bertz CT molecular complexity index is 937. The number of pyridine rings is 1. The molecule has 0 aliphatic heterocycles. The molecule has 2 unspecified atom stereocenters. The van der Waals surface area contributed by atoms with Crippen molar-refractivity contribution in [2.45, 2.75) is 24.2 Å². The first-order valence-electron chi connectivity index (χ1n) is 8.81. The van der Waals surface area contributed by atoms with Crippen LogP contribution in [0.2, 0.25) is 0 Å². The molecule has 1 aliphatic rings. The van der Waals surface area contributed by atoms with Crippen molar-refractivity contribution in [3.63, 3.8) is 0 Å². The monoisotopic (exact) mass is 389 g/mol. The standard InChI is InChI=1S/C20H23NO5S/c1-4-27(23,24)18-10-15(11-21-19(18)20(22)26-3)13-5-7-14(8-6-13)17-9-16(17)12-25-2/h5-8,10-11,16-17H,4,9,12H2,1-3H3. The van der Waals surface area contributed by atoms with Crippen LogP contribution in [-0.4, -0.2) is 46.0 Å². The molecular weight excluding hydrogens is 366 g/mol. The minimum absolute atomic E-state index is 0.0965. The fourth-order valence-electron chi connectivity index (χ4n) is 3.22. The summed E-state index contributed by atoms with van der Waals surface area (Å²) in [4.78, 5) is 15.9. The minimum atomic E-state index is -3.62. The molecule has 1 fully saturated rings. The normalized spacial score (nSPS) is 18.9. The van der Waals surface area contributed by atoms with E-state index in [1.54, 1.807) is 7.11 Å². The van der Waals surface area contributed by atoms with E-state index in [4.69, 9.17) is 4.74 Å². The Balaban J connectivity index is 1.93. The van der Waals surface area contributed by atoms with Crippen molar-refractivity contribution in [3.8, 4) is 11.1 Å². The lowest BCUT2D eigenvalue weighted by Gasteiger charge is -2.10. The number of carbonyl (C=O) groups excluding carboxylic acids is 1. The summed E-state index contributed by atoms with van der Waals surface area (Å²) in [7, 11) is -0.701. The molecule has 1 aromatic carbocycles. The van der Waals surface area contributed by atoms with Crippen LogP contribution in [0.5, 0.6) is 0 Å². The Morgan fingerprint density at radius 3 is 2.48 bits per heavy atom. The van der Waals surface area contributed by atoms with Crippen molar-refractivity contribution >= 4 is 15.8 Å². The van der Waals surface area contributed by atoms with E-state index in [2.05, 4.69) is 21.9 Å². The molecule has 6 nitrogen and oxygen atoms in total. The third-order valence-electron chi connectivity index (χ3n) is 4.92. The highest BCUT2D eigenvalue weighted by atomic mass is 32.2. The largest absolute Gasteiger partial charge is 0.464 e. The molecule has 0 amide bonds. The van der Waals surface area contributed by atoms with Crippen LogP contribution in [0.3, 0.4) is 0 Å². The van der Waals surface area contributed by atoms with Gasteiger partial charge in [-0.3, -0.25) is 0 Å². The van der Waals surface area contributed by atoms with Crippen LogP contribution in [-0.2, 0) is 19.3 Å². The second-order valence-corrected chi connectivity index (χ2v) is 8.89. The summed E-state index contributed by atoms with van der Waals surface area (Å²) in [5.41, 5.74) is 2.56. The Labute approximate surface area is 159 Å². The first kappa shape index (κ1) is 19.5. The van der Waals surface area contributed by atoms with Crippen LogP contribution in [0, 0.1) is 5.92 Å². The summed E-state index contributed by atoms with van der Waals surface area (Å²) in [5, 5.41) is 0. The molecule has 0 N–H and O–H groups in total. The first-order chi connectivity index (χ1) is 12.9. The lowest BCUT2D eigenvalue weighted by atomic mass is 10.0. The zero-order chi connectivity index (χ0) is 19.6. The molecule has 1 aromatic heterocycles. The summed E-state index contributed by atoms with van der Waals surface area (Å²) in [5.74, 6) is 0.212. The van der Waals surface area contributed by atoms with Crippen LogP contribution < -0.4 is 0 Å². The average molecular weight is 389 g/mol.